The minimum absolute atomic E-state index is 0.313. The second-order valence-electron chi connectivity index (χ2n) is 5.51. The Hall–Kier alpha value is -2.99. The number of hydrogen-bond donors (Lipinski definition) is 1. The molecule has 6 nitrogen and oxygen atoms in total. The Balaban J connectivity index is 1.73. The summed E-state index contributed by atoms with van der Waals surface area (Å²) >= 11 is 6.17. The van der Waals surface area contributed by atoms with E-state index in [2.05, 4.69) is 10.4 Å². The van der Waals surface area contributed by atoms with Gasteiger partial charge >= 0.3 is 0 Å². The number of anilines is 1. The number of amides is 1. The van der Waals surface area contributed by atoms with E-state index < -0.39 is 0 Å². The van der Waals surface area contributed by atoms with Gasteiger partial charge < -0.3 is 14.8 Å². The van der Waals surface area contributed by atoms with Gasteiger partial charge in [0.2, 0.25) is 0 Å². The van der Waals surface area contributed by atoms with Crippen molar-refractivity contribution in [3.05, 3.63) is 70.9 Å². The number of rotatable bonds is 6. The molecule has 0 spiro atoms. The van der Waals surface area contributed by atoms with Gasteiger partial charge in [0.25, 0.3) is 5.91 Å². The summed E-state index contributed by atoms with van der Waals surface area (Å²) in [6, 6.07) is 14.3. The standard InChI is InChI=1S/C19H18ClN3O3/c1-25-14-7-8-15(17(11-14)26-2)19(24)21-18-9-10-23(22-18)12-13-5-3-4-6-16(13)20/h3-11H,12H2,1-2H3,(H,21,22,24). The summed E-state index contributed by atoms with van der Waals surface area (Å²) in [5, 5.41) is 7.81. The van der Waals surface area contributed by atoms with Crippen molar-refractivity contribution < 1.29 is 14.3 Å². The van der Waals surface area contributed by atoms with Crippen molar-refractivity contribution in [2.24, 2.45) is 0 Å². The number of ether oxygens (including phenoxy) is 2. The van der Waals surface area contributed by atoms with Crippen LogP contribution in [0.1, 0.15) is 15.9 Å². The summed E-state index contributed by atoms with van der Waals surface area (Å²) < 4.78 is 12.1. The molecule has 1 amide bonds. The highest BCUT2D eigenvalue weighted by molar-refractivity contribution is 6.31. The van der Waals surface area contributed by atoms with E-state index in [9.17, 15) is 4.79 Å². The molecule has 26 heavy (non-hydrogen) atoms. The Morgan fingerprint density at radius 1 is 1.15 bits per heavy atom. The highest BCUT2D eigenvalue weighted by Gasteiger charge is 2.14. The number of halogens is 1. The van der Waals surface area contributed by atoms with Crippen molar-refractivity contribution in [1.82, 2.24) is 9.78 Å². The number of methoxy groups -OCH3 is 2. The molecule has 0 fully saturated rings. The first kappa shape index (κ1) is 17.8. The Morgan fingerprint density at radius 3 is 2.69 bits per heavy atom. The van der Waals surface area contributed by atoms with E-state index >= 15 is 0 Å². The zero-order chi connectivity index (χ0) is 18.5. The quantitative estimate of drug-likeness (QED) is 0.714. The van der Waals surface area contributed by atoms with E-state index in [4.69, 9.17) is 21.1 Å². The van der Waals surface area contributed by atoms with Gasteiger partial charge in [-0.2, -0.15) is 5.10 Å². The normalized spacial score (nSPS) is 10.4. The number of aromatic nitrogens is 2. The van der Waals surface area contributed by atoms with Gasteiger partial charge in [0.15, 0.2) is 5.82 Å². The maximum absolute atomic E-state index is 12.5. The first-order chi connectivity index (χ1) is 12.6. The van der Waals surface area contributed by atoms with E-state index in [1.807, 2.05) is 24.3 Å². The molecular formula is C19H18ClN3O3. The molecule has 1 aromatic heterocycles. The summed E-state index contributed by atoms with van der Waals surface area (Å²) in [6.45, 7) is 0.515. The zero-order valence-corrected chi connectivity index (χ0v) is 15.2. The van der Waals surface area contributed by atoms with Crippen LogP contribution in [0.25, 0.3) is 0 Å². The molecular weight excluding hydrogens is 354 g/mol. The Morgan fingerprint density at radius 2 is 1.96 bits per heavy atom. The van der Waals surface area contributed by atoms with Gasteiger partial charge in [0, 0.05) is 23.4 Å². The van der Waals surface area contributed by atoms with Gasteiger partial charge in [-0.1, -0.05) is 29.8 Å². The highest BCUT2D eigenvalue weighted by atomic mass is 35.5. The van der Waals surface area contributed by atoms with Crippen LogP contribution in [0.15, 0.2) is 54.7 Å². The highest BCUT2D eigenvalue weighted by Crippen LogP contribution is 2.25. The SMILES string of the molecule is COc1ccc(C(=O)Nc2ccn(Cc3ccccc3Cl)n2)c(OC)c1. The maximum atomic E-state index is 12.5. The molecule has 3 rings (SSSR count). The molecule has 1 heterocycles. The van der Waals surface area contributed by atoms with Gasteiger partial charge in [-0.15, -0.1) is 0 Å². The number of carbonyl (C=O) groups is 1. The lowest BCUT2D eigenvalue weighted by Gasteiger charge is -2.09. The summed E-state index contributed by atoms with van der Waals surface area (Å²) in [7, 11) is 3.06. The van der Waals surface area contributed by atoms with Gasteiger partial charge in [0.1, 0.15) is 11.5 Å². The number of nitrogens with zero attached hydrogens (tertiary/aromatic N) is 2. The van der Waals surface area contributed by atoms with Gasteiger partial charge in [-0.05, 0) is 23.8 Å². The molecule has 134 valence electrons. The summed E-state index contributed by atoms with van der Waals surface area (Å²) in [5.41, 5.74) is 1.35. The van der Waals surface area contributed by atoms with Crippen molar-refractivity contribution >= 4 is 23.3 Å². The fraction of sp³-hybridized carbons (Fsp3) is 0.158. The van der Waals surface area contributed by atoms with Gasteiger partial charge in [-0.3, -0.25) is 9.48 Å². The Bertz CT molecular complexity index is 924. The van der Waals surface area contributed by atoms with Crippen LogP contribution in [0.3, 0.4) is 0 Å². The van der Waals surface area contributed by atoms with Crippen LogP contribution in [0.2, 0.25) is 5.02 Å². The van der Waals surface area contributed by atoms with Crippen molar-refractivity contribution in [3.8, 4) is 11.5 Å². The van der Waals surface area contributed by atoms with Crippen LogP contribution in [0, 0.1) is 0 Å². The minimum Gasteiger partial charge on any atom is -0.497 e. The molecule has 0 saturated heterocycles. The number of nitrogens with one attached hydrogen (secondary N) is 1. The topological polar surface area (TPSA) is 65.4 Å². The zero-order valence-electron chi connectivity index (χ0n) is 14.4. The van der Waals surface area contributed by atoms with Crippen molar-refractivity contribution in [2.45, 2.75) is 6.54 Å². The Kier molecular flexibility index (Phi) is 5.43. The first-order valence-electron chi connectivity index (χ1n) is 7.91. The Labute approximate surface area is 156 Å². The third kappa shape index (κ3) is 3.97. The van der Waals surface area contributed by atoms with Crippen molar-refractivity contribution in [3.63, 3.8) is 0 Å². The molecule has 7 heteroatoms. The molecule has 0 radical (unpaired) electrons. The minimum atomic E-state index is -0.313. The van der Waals surface area contributed by atoms with Crippen LogP contribution in [-0.4, -0.2) is 29.9 Å². The van der Waals surface area contributed by atoms with E-state index in [1.54, 1.807) is 42.3 Å². The second-order valence-corrected chi connectivity index (χ2v) is 5.92. The number of benzene rings is 2. The van der Waals surface area contributed by atoms with E-state index in [0.717, 1.165) is 5.56 Å². The average molecular weight is 372 g/mol. The lowest BCUT2D eigenvalue weighted by atomic mass is 10.1. The molecule has 0 aliphatic rings. The van der Waals surface area contributed by atoms with E-state index in [1.165, 1.54) is 7.11 Å². The first-order valence-corrected chi connectivity index (χ1v) is 8.28. The maximum Gasteiger partial charge on any atom is 0.260 e. The molecule has 3 aromatic rings. The number of hydrogen-bond acceptors (Lipinski definition) is 4. The molecule has 0 saturated carbocycles. The van der Waals surface area contributed by atoms with Gasteiger partial charge in [0.05, 0.1) is 26.3 Å². The van der Waals surface area contributed by atoms with Crippen LogP contribution in [-0.2, 0) is 6.54 Å². The van der Waals surface area contributed by atoms with Crippen molar-refractivity contribution in [1.29, 1.82) is 0 Å². The summed E-state index contributed by atoms with van der Waals surface area (Å²) in [6.07, 6.45) is 1.78. The molecule has 2 aromatic carbocycles. The lowest BCUT2D eigenvalue weighted by molar-refractivity contribution is 0.102. The van der Waals surface area contributed by atoms with Crippen LogP contribution < -0.4 is 14.8 Å². The molecule has 0 atom stereocenters. The van der Waals surface area contributed by atoms with Crippen LogP contribution in [0.5, 0.6) is 11.5 Å². The molecule has 0 aliphatic heterocycles. The van der Waals surface area contributed by atoms with E-state index in [-0.39, 0.29) is 5.91 Å². The largest absolute Gasteiger partial charge is 0.497 e. The fourth-order valence-corrected chi connectivity index (χ4v) is 2.68. The fourth-order valence-electron chi connectivity index (χ4n) is 2.49. The lowest BCUT2D eigenvalue weighted by Crippen LogP contribution is -2.14. The van der Waals surface area contributed by atoms with Crippen molar-refractivity contribution in [2.75, 3.05) is 19.5 Å². The van der Waals surface area contributed by atoms with Crippen LogP contribution >= 0.6 is 11.6 Å². The third-order valence-corrected chi connectivity index (χ3v) is 4.19. The number of carbonyl (C=O) groups excluding carboxylic acids is 1. The predicted octanol–water partition coefficient (Wildman–Crippen LogP) is 3.85. The molecule has 1 N–H and O–H groups in total. The molecule has 0 bridgehead atoms. The summed E-state index contributed by atoms with van der Waals surface area (Å²) in [4.78, 5) is 12.5. The monoisotopic (exact) mass is 371 g/mol. The molecule has 0 unspecified atom stereocenters. The van der Waals surface area contributed by atoms with Crippen LogP contribution in [0.4, 0.5) is 5.82 Å². The van der Waals surface area contributed by atoms with Gasteiger partial charge in [-0.25, -0.2) is 0 Å². The summed E-state index contributed by atoms with van der Waals surface area (Å²) in [5.74, 6) is 1.17. The second kappa shape index (κ2) is 7.93. The smallest absolute Gasteiger partial charge is 0.260 e. The predicted molar refractivity (Wildman–Crippen MR) is 100 cm³/mol. The average Bonchev–Trinajstić information content (AvgIpc) is 3.09. The third-order valence-electron chi connectivity index (χ3n) is 3.83. The molecule has 0 aliphatic carbocycles. The van der Waals surface area contributed by atoms with E-state index in [0.29, 0.717) is 34.4 Å².